The van der Waals surface area contributed by atoms with Crippen LogP contribution in [0.3, 0.4) is 0 Å². The van der Waals surface area contributed by atoms with Crippen LogP contribution in [0.15, 0.2) is 17.2 Å². The van der Waals surface area contributed by atoms with Crippen LogP contribution in [0.25, 0.3) is 0 Å². The van der Waals surface area contributed by atoms with Gasteiger partial charge in [0.2, 0.25) is 0 Å². The Hall–Kier alpha value is -1.03. The average molecular weight is 237 g/mol. The summed E-state index contributed by atoms with van der Waals surface area (Å²) in [7, 11) is 0. The van der Waals surface area contributed by atoms with Crippen LogP contribution in [0.2, 0.25) is 0 Å². The number of aromatic nitrogens is 1. The zero-order valence-corrected chi connectivity index (χ0v) is 10.1. The first-order valence-corrected chi connectivity index (χ1v) is 6.42. The first-order valence-electron chi connectivity index (χ1n) is 5.54. The zero-order chi connectivity index (χ0) is 11.5. The number of aryl methyl sites for hydroxylation is 1. The van der Waals surface area contributed by atoms with Crippen molar-refractivity contribution in [3.63, 3.8) is 0 Å². The maximum atomic E-state index is 10.9. The van der Waals surface area contributed by atoms with Gasteiger partial charge in [-0.05, 0) is 31.9 Å². The molecule has 1 aromatic rings. The molecular weight excluding hydrogens is 222 g/mol. The maximum Gasteiger partial charge on any atom is 0.335 e. The fourth-order valence-corrected chi connectivity index (χ4v) is 3.30. The fraction of sp³-hybridized carbons (Fsp3) is 0.500. The van der Waals surface area contributed by atoms with Crippen molar-refractivity contribution in [1.82, 2.24) is 4.98 Å². The summed E-state index contributed by atoms with van der Waals surface area (Å²) < 4.78 is 0. The molecule has 1 aromatic heterocycles. The van der Waals surface area contributed by atoms with Crippen LogP contribution in [0, 0.1) is 6.92 Å². The molecule has 0 spiro atoms. The molecule has 0 radical (unpaired) electrons. The van der Waals surface area contributed by atoms with E-state index in [2.05, 4.69) is 4.98 Å². The Labute approximate surface area is 99.3 Å². The van der Waals surface area contributed by atoms with E-state index in [1.54, 1.807) is 23.9 Å². The van der Waals surface area contributed by atoms with Gasteiger partial charge in [0.15, 0.2) is 0 Å². The van der Waals surface area contributed by atoms with E-state index in [9.17, 15) is 4.79 Å². The number of carboxylic acid groups (broad SMARTS) is 1. The van der Waals surface area contributed by atoms with Crippen molar-refractivity contribution in [2.24, 2.45) is 0 Å². The van der Waals surface area contributed by atoms with Gasteiger partial charge < -0.3 is 5.11 Å². The third kappa shape index (κ3) is 2.76. The largest absolute Gasteiger partial charge is 0.478 e. The second kappa shape index (κ2) is 4.87. The standard InChI is InChI=1S/C12H15NO2S/c1-8-6-9(12(14)15)7-11(13-8)16-10-4-2-3-5-10/h6-7,10H,2-5H2,1H3,(H,14,15). The molecule has 1 fully saturated rings. The van der Waals surface area contributed by atoms with Crippen molar-refractivity contribution >= 4 is 17.7 Å². The third-order valence-electron chi connectivity index (χ3n) is 2.77. The molecule has 1 saturated carbocycles. The van der Waals surface area contributed by atoms with Crippen LogP contribution in [-0.2, 0) is 0 Å². The van der Waals surface area contributed by atoms with E-state index in [0.717, 1.165) is 10.7 Å². The second-order valence-corrected chi connectivity index (χ2v) is 5.49. The van der Waals surface area contributed by atoms with E-state index in [-0.39, 0.29) is 0 Å². The number of hydrogen-bond acceptors (Lipinski definition) is 3. The molecule has 0 amide bonds. The topological polar surface area (TPSA) is 50.2 Å². The van der Waals surface area contributed by atoms with E-state index in [1.165, 1.54) is 25.7 Å². The van der Waals surface area contributed by atoms with E-state index in [1.807, 2.05) is 6.92 Å². The molecule has 0 aromatic carbocycles. The molecule has 1 aliphatic carbocycles. The van der Waals surface area contributed by atoms with Gasteiger partial charge in [0.25, 0.3) is 0 Å². The molecule has 3 nitrogen and oxygen atoms in total. The van der Waals surface area contributed by atoms with Crippen molar-refractivity contribution in [2.45, 2.75) is 42.9 Å². The lowest BCUT2D eigenvalue weighted by Gasteiger charge is -2.09. The number of nitrogens with zero attached hydrogens (tertiary/aromatic N) is 1. The highest BCUT2D eigenvalue weighted by Gasteiger charge is 2.17. The molecule has 0 atom stereocenters. The minimum absolute atomic E-state index is 0.341. The van der Waals surface area contributed by atoms with Gasteiger partial charge in [-0.1, -0.05) is 12.8 Å². The highest BCUT2D eigenvalue weighted by Crippen LogP contribution is 2.34. The third-order valence-corrected chi connectivity index (χ3v) is 4.02. The minimum atomic E-state index is -0.876. The summed E-state index contributed by atoms with van der Waals surface area (Å²) in [5, 5.41) is 10.4. The van der Waals surface area contributed by atoms with E-state index < -0.39 is 5.97 Å². The summed E-state index contributed by atoms with van der Waals surface area (Å²) in [6, 6.07) is 3.29. The summed E-state index contributed by atoms with van der Waals surface area (Å²) in [6.45, 7) is 1.84. The van der Waals surface area contributed by atoms with Crippen molar-refractivity contribution in [3.8, 4) is 0 Å². The predicted octanol–water partition coefficient (Wildman–Crippen LogP) is 3.12. The number of hydrogen-bond donors (Lipinski definition) is 1. The van der Waals surface area contributed by atoms with Gasteiger partial charge >= 0.3 is 5.97 Å². The minimum Gasteiger partial charge on any atom is -0.478 e. The number of rotatable bonds is 3. The highest BCUT2D eigenvalue weighted by atomic mass is 32.2. The second-order valence-electron chi connectivity index (χ2n) is 4.16. The van der Waals surface area contributed by atoms with E-state index in [4.69, 9.17) is 5.11 Å². The Kier molecular flexibility index (Phi) is 3.49. The molecule has 0 aliphatic heterocycles. The van der Waals surface area contributed by atoms with Crippen molar-refractivity contribution in [1.29, 1.82) is 0 Å². The Morgan fingerprint density at radius 2 is 2.12 bits per heavy atom. The lowest BCUT2D eigenvalue weighted by atomic mass is 10.2. The Balaban J connectivity index is 2.16. The van der Waals surface area contributed by atoms with Crippen LogP contribution in [-0.4, -0.2) is 21.3 Å². The predicted molar refractivity (Wildman–Crippen MR) is 64.0 cm³/mol. The Bertz CT molecular complexity index is 400. The average Bonchev–Trinajstić information content (AvgIpc) is 2.69. The van der Waals surface area contributed by atoms with Crippen LogP contribution < -0.4 is 0 Å². The van der Waals surface area contributed by atoms with Crippen LogP contribution >= 0.6 is 11.8 Å². The lowest BCUT2D eigenvalue weighted by molar-refractivity contribution is 0.0696. The summed E-state index contributed by atoms with van der Waals surface area (Å²) in [5.74, 6) is -0.876. The summed E-state index contributed by atoms with van der Waals surface area (Å²) in [6.07, 6.45) is 5.02. The summed E-state index contributed by atoms with van der Waals surface area (Å²) in [4.78, 5) is 15.3. The number of carbonyl (C=O) groups is 1. The molecule has 0 bridgehead atoms. The lowest BCUT2D eigenvalue weighted by Crippen LogP contribution is -2.01. The molecule has 0 unspecified atom stereocenters. The van der Waals surface area contributed by atoms with Crippen molar-refractivity contribution in [3.05, 3.63) is 23.4 Å². The quantitative estimate of drug-likeness (QED) is 0.877. The molecule has 1 aliphatic rings. The van der Waals surface area contributed by atoms with Gasteiger partial charge in [-0.15, -0.1) is 11.8 Å². The summed E-state index contributed by atoms with van der Waals surface area (Å²) >= 11 is 1.72. The summed E-state index contributed by atoms with van der Waals surface area (Å²) in [5.41, 5.74) is 1.12. The molecule has 86 valence electrons. The van der Waals surface area contributed by atoms with Crippen molar-refractivity contribution in [2.75, 3.05) is 0 Å². The molecular formula is C12H15NO2S. The zero-order valence-electron chi connectivity index (χ0n) is 9.27. The first kappa shape index (κ1) is 11.5. The Morgan fingerprint density at radius 1 is 1.44 bits per heavy atom. The normalized spacial score (nSPS) is 16.6. The monoisotopic (exact) mass is 237 g/mol. The van der Waals surface area contributed by atoms with Gasteiger partial charge in [-0.2, -0.15) is 0 Å². The number of thioether (sulfide) groups is 1. The van der Waals surface area contributed by atoms with Crippen LogP contribution in [0.4, 0.5) is 0 Å². The SMILES string of the molecule is Cc1cc(C(=O)O)cc(SC2CCCC2)n1. The fourth-order valence-electron chi connectivity index (χ4n) is 2.00. The van der Waals surface area contributed by atoms with Gasteiger partial charge in [0.1, 0.15) is 0 Å². The number of aromatic carboxylic acids is 1. The van der Waals surface area contributed by atoms with Crippen LogP contribution in [0.5, 0.6) is 0 Å². The Morgan fingerprint density at radius 3 is 2.75 bits per heavy atom. The number of pyridine rings is 1. The van der Waals surface area contributed by atoms with E-state index in [0.29, 0.717) is 10.8 Å². The van der Waals surface area contributed by atoms with Crippen LogP contribution in [0.1, 0.15) is 41.7 Å². The maximum absolute atomic E-state index is 10.9. The van der Waals surface area contributed by atoms with Gasteiger partial charge in [-0.25, -0.2) is 9.78 Å². The van der Waals surface area contributed by atoms with Crippen molar-refractivity contribution < 1.29 is 9.90 Å². The molecule has 16 heavy (non-hydrogen) atoms. The molecule has 4 heteroatoms. The first-order chi connectivity index (χ1) is 7.65. The van der Waals surface area contributed by atoms with Gasteiger partial charge in [0.05, 0.1) is 10.6 Å². The molecule has 0 saturated heterocycles. The smallest absolute Gasteiger partial charge is 0.335 e. The van der Waals surface area contributed by atoms with Gasteiger partial charge in [-0.3, -0.25) is 0 Å². The molecule has 1 N–H and O–H groups in total. The number of carboxylic acids is 1. The van der Waals surface area contributed by atoms with E-state index >= 15 is 0 Å². The van der Waals surface area contributed by atoms with Gasteiger partial charge in [0, 0.05) is 10.9 Å². The molecule has 1 heterocycles. The highest BCUT2D eigenvalue weighted by molar-refractivity contribution is 7.99. The molecule has 2 rings (SSSR count).